The molecule has 0 aliphatic carbocycles. The maximum Gasteiger partial charge on any atom is 0.0711 e. The predicted molar refractivity (Wildman–Crippen MR) is 50.8 cm³/mol. The number of hydrogen-bond donors (Lipinski definition) is 1. The van der Waals surface area contributed by atoms with Gasteiger partial charge in [-0.05, 0) is 5.67 Å². The summed E-state index contributed by atoms with van der Waals surface area (Å²) in [4.78, 5) is 0. The highest BCUT2D eigenvalue weighted by atomic mass is 28.3. The molecule has 0 saturated heterocycles. The molecule has 2 heteroatoms. The molecular formula is C8H21NSi. The Bertz CT molecular complexity index is 79.0. The third-order valence-corrected chi connectivity index (χ3v) is 9.23. The summed E-state index contributed by atoms with van der Waals surface area (Å²) in [5.74, 6) is 0. The van der Waals surface area contributed by atoms with E-state index < -0.39 is 8.07 Å². The zero-order valence-electron chi connectivity index (χ0n) is 7.78. The van der Waals surface area contributed by atoms with Crippen LogP contribution in [0.2, 0.25) is 18.1 Å². The van der Waals surface area contributed by atoms with Crippen LogP contribution in [0.4, 0.5) is 0 Å². The van der Waals surface area contributed by atoms with Crippen molar-refractivity contribution in [2.75, 3.05) is 0 Å². The highest BCUT2D eigenvalue weighted by Crippen LogP contribution is 2.22. The number of hydrogen-bond acceptors (Lipinski definition) is 1. The Morgan fingerprint density at radius 3 is 1.40 bits per heavy atom. The fourth-order valence-corrected chi connectivity index (χ4v) is 5.15. The standard InChI is InChI=1S/C8H21NSi/c1-5-10(6-2,7-3)8(4)9/h8H,5-7,9H2,1-4H3. The van der Waals surface area contributed by atoms with Gasteiger partial charge in [-0.15, -0.1) is 0 Å². The molecule has 0 aromatic rings. The lowest BCUT2D eigenvalue weighted by atomic mass is 10.8. The van der Waals surface area contributed by atoms with Crippen molar-refractivity contribution in [1.82, 2.24) is 0 Å². The Morgan fingerprint density at radius 1 is 1.10 bits per heavy atom. The van der Waals surface area contributed by atoms with Gasteiger partial charge in [-0.3, -0.25) is 0 Å². The summed E-state index contributed by atoms with van der Waals surface area (Å²) in [7, 11) is -1.02. The van der Waals surface area contributed by atoms with E-state index in [4.69, 9.17) is 5.73 Å². The van der Waals surface area contributed by atoms with Crippen LogP contribution in [0.15, 0.2) is 0 Å². The van der Waals surface area contributed by atoms with Crippen molar-refractivity contribution >= 4 is 8.07 Å². The van der Waals surface area contributed by atoms with Crippen LogP contribution >= 0.6 is 0 Å². The summed E-state index contributed by atoms with van der Waals surface area (Å²) in [6.07, 6.45) is 0. The lowest BCUT2D eigenvalue weighted by Gasteiger charge is -2.31. The van der Waals surface area contributed by atoms with E-state index in [0.717, 1.165) is 0 Å². The summed E-state index contributed by atoms with van der Waals surface area (Å²) in [6, 6.07) is 4.03. The Labute approximate surface area is 66.0 Å². The lowest BCUT2D eigenvalue weighted by molar-refractivity contribution is 0.914. The van der Waals surface area contributed by atoms with Crippen LogP contribution in [0.3, 0.4) is 0 Å². The van der Waals surface area contributed by atoms with E-state index in [0.29, 0.717) is 5.67 Å². The molecule has 0 bridgehead atoms. The summed E-state index contributed by atoms with van der Waals surface area (Å²) in [5, 5.41) is 0. The molecule has 2 N–H and O–H groups in total. The quantitative estimate of drug-likeness (QED) is 0.626. The monoisotopic (exact) mass is 159 g/mol. The molecule has 62 valence electrons. The molecule has 1 unspecified atom stereocenters. The van der Waals surface area contributed by atoms with Gasteiger partial charge in [0.05, 0.1) is 8.07 Å². The summed E-state index contributed by atoms with van der Waals surface area (Å²) in [5.41, 5.74) is 6.44. The summed E-state index contributed by atoms with van der Waals surface area (Å²) >= 11 is 0. The van der Waals surface area contributed by atoms with Crippen LogP contribution in [0.5, 0.6) is 0 Å². The van der Waals surface area contributed by atoms with E-state index in [1.807, 2.05) is 0 Å². The van der Waals surface area contributed by atoms with Crippen molar-refractivity contribution in [2.45, 2.75) is 51.5 Å². The third kappa shape index (κ3) is 1.83. The fraction of sp³-hybridized carbons (Fsp3) is 1.00. The minimum absolute atomic E-state index is 0.479. The second kappa shape index (κ2) is 4.14. The normalized spacial score (nSPS) is 15.3. The van der Waals surface area contributed by atoms with Gasteiger partial charge in [0, 0.05) is 0 Å². The Balaban J connectivity index is 4.15. The molecule has 0 heterocycles. The summed E-state index contributed by atoms with van der Waals surface area (Å²) < 4.78 is 0. The van der Waals surface area contributed by atoms with Crippen LogP contribution in [0.25, 0.3) is 0 Å². The smallest absolute Gasteiger partial charge is 0.0711 e. The molecule has 0 rings (SSSR count). The lowest BCUT2D eigenvalue weighted by Crippen LogP contribution is -2.49. The maximum absolute atomic E-state index is 5.96. The predicted octanol–water partition coefficient (Wildman–Crippen LogP) is 2.38. The molecule has 1 atom stereocenters. The molecule has 0 aromatic carbocycles. The van der Waals surface area contributed by atoms with Crippen LogP contribution in [0.1, 0.15) is 27.7 Å². The first-order valence-electron chi connectivity index (χ1n) is 4.38. The van der Waals surface area contributed by atoms with Gasteiger partial charge in [-0.1, -0.05) is 45.8 Å². The third-order valence-electron chi connectivity index (χ3n) is 3.08. The van der Waals surface area contributed by atoms with Crippen LogP contribution < -0.4 is 5.73 Å². The van der Waals surface area contributed by atoms with Crippen molar-refractivity contribution in [3.8, 4) is 0 Å². The molecule has 10 heavy (non-hydrogen) atoms. The minimum Gasteiger partial charge on any atom is -0.330 e. The van der Waals surface area contributed by atoms with Crippen molar-refractivity contribution in [3.63, 3.8) is 0 Å². The number of rotatable bonds is 4. The van der Waals surface area contributed by atoms with Gasteiger partial charge in [0.1, 0.15) is 0 Å². The Hall–Kier alpha value is 0.177. The van der Waals surface area contributed by atoms with Gasteiger partial charge < -0.3 is 5.73 Å². The minimum atomic E-state index is -1.02. The first-order valence-corrected chi connectivity index (χ1v) is 7.08. The van der Waals surface area contributed by atoms with E-state index in [1.54, 1.807) is 0 Å². The van der Waals surface area contributed by atoms with Gasteiger partial charge in [0.2, 0.25) is 0 Å². The average Bonchev–Trinajstić information content (AvgIpc) is 1.92. The van der Waals surface area contributed by atoms with E-state index in [2.05, 4.69) is 27.7 Å². The zero-order chi connectivity index (χ0) is 8.20. The van der Waals surface area contributed by atoms with Crippen LogP contribution in [-0.2, 0) is 0 Å². The SMILES string of the molecule is CC[Si](CC)(CC)C(C)N. The first kappa shape index (κ1) is 10.2. The summed E-state index contributed by atoms with van der Waals surface area (Å²) in [6.45, 7) is 9.07. The van der Waals surface area contributed by atoms with Gasteiger partial charge in [0.25, 0.3) is 0 Å². The molecule has 0 spiro atoms. The fourth-order valence-electron chi connectivity index (χ4n) is 1.72. The molecule has 0 fully saturated rings. The zero-order valence-corrected chi connectivity index (χ0v) is 8.78. The molecule has 0 radical (unpaired) electrons. The molecule has 0 aromatic heterocycles. The second-order valence-electron chi connectivity index (χ2n) is 3.21. The van der Waals surface area contributed by atoms with Gasteiger partial charge >= 0.3 is 0 Å². The Morgan fingerprint density at radius 2 is 1.40 bits per heavy atom. The van der Waals surface area contributed by atoms with Crippen molar-refractivity contribution in [1.29, 1.82) is 0 Å². The molecule has 1 nitrogen and oxygen atoms in total. The largest absolute Gasteiger partial charge is 0.330 e. The van der Waals surface area contributed by atoms with Gasteiger partial charge in [0.15, 0.2) is 0 Å². The average molecular weight is 159 g/mol. The highest BCUT2D eigenvalue weighted by Gasteiger charge is 2.30. The maximum atomic E-state index is 5.96. The Kier molecular flexibility index (Phi) is 4.21. The second-order valence-corrected chi connectivity index (χ2v) is 8.97. The van der Waals surface area contributed by atoms with Crippen molar-refractivity contribution in [2.24, 2.45) is 5.73 Å². The van der Waals surface area contributed by atoms with Crippen molar-refractivity contribution in [3.05, 3.63) is 0 Å². The van der Waals surface area contributed by atoms with E-state index in [9.17, 15) is 0 Å². The first-order chi connectivity index (χ1) is 4.63. The molecule has 0 aliphatic heterocycles. The molecule has 0 saturated carbocycles. The number of nitrogens with two attached hydrogens (primary N) is 1. The molecule has 0 amide bonds. The molecular weight excluding hydrogens is 138 g/mol. The topological polar surface area (TPSA) is 26.0 Å². The van der Waals surface area contributed by atoms with E-state index >= 15 is 0 Å². The van der Waals surface area contributed by atoms with Crippen LogP contribution in [-0.4, -0.2) is 13.7 Å². The highest BCUT2D eigenvalue weighted by molar-refractivity contribution is 6.81. The van der Waals surface area contributed by atoms with E-state index in [1.165, 1.54) is 18.1 Å². The van der Waals surface area contributed by atoms with Crippen molar-refractivity contribution < 1.29 is 0 Å². The van der Waals surface area contributed by atoms with Gasteiger partial charge in [-0.2, -0.15) is 0 Å². The van der Waals surface area contributed by atoms with Gasteiger partial charge in [-0.25, -0.2) is 0 Å². The molecule has 0 aliphatic rings. The van der Waals surface area contributed by atoms with Crippen LogP contribution in [0, 0.1) is 0 Å². The van der Waals surface area contributed by atoms with E-state index in [-0.39, 0.29) is 0 Å².